The van der Waals surface area contributed by atoms with Gasteiger partial charge in [-0.2, -0.15) is 0 Å². The summed E-state index contributed by atoms with van der Waals surface area (Å²) < 4.78 is 0. The van der Waals surface area contributed by atoms with Crippen LogP contribution in [0.25, 0.3) is 0 Å². The minimum absolute atomic E-state index is 0.0125. The summed E-state index contributed by atoms with van der Waals surface area (Å²) in [6.45, 7) is 12.7. The highest BCUT2D eigenvalue weighted by Crippen LogP contribution is 2.27. The number of aryl methyl sites for hydroxylation is 1. The summed E-state index contributed by atoms with van der Waals surface area (Å²) >= 11 is 1.48. The van der Waals surface area contributed by atoms with E-state index in [9.17, 15) is 4.79 Å². The molecule has 1 heterocycles. The number of carbonyl (C=O) groups excluding carboxylic acids is 1. The molecule has 1 aromatic heterocycles. The summed E-state index contributed by atoms with van der Waals surface area (Å²) in [6, 6.07) is 0. The lowest BCUT2D eigenvalue weighted by Gasteiger charge is -2.33. The second-order valence-corrected chi connectivity index (χ2v) is 7.66. The van der Waals surface area contributed by atoms with Crippen molar-refractivity contribution in [1.29, 1.82) is 0 Å². The van der Waals surface area contributed by atoms with E-state index in [4.69, 9.17) is 0 Å². The molecule has 0 aliphatic carbocycles. The van der Waals surface area contributed by atoms with Crippen molar-refractivity contribution in [1.82, 2.24) is 10.3 Å². The van der Waals surface area contributed by atoms with Crippen LogP contribution in [0.3, 0.4) is 0 Å². The molecule has 4 heteroatoms. The van der Waals surface area contributed by atoms with Crippen LogP contribution in [0.1, 0.15) is 62.6 Å². The minimum atomic E-state index is -0.203. The van der Waals surface area contributed by atoms with Gasteiger partial charge in [0, 0.05) is 5.54 Å². The van der Waals surface area contributed by atoms with Crippen LogP contribution in [-0.4, -0.2) is 16.4 Å². The van der Waals surface area contributed by atoms with Crippen LogP contribution < -0.4 is 5.32 Å². The van der Waals surface area contributed by atoms with Gasteiger partial charge in [-0.25, -0.2) is 4.98 Å². The van der Waals surface area contributed by atoms with E-state index in [1.165, 1.54) is 11.3 Å². The fraction of sp³-hybridized carbons (Fsp3) is 0.714. The zero-order valence-electron chi connectivity index (χ0n) is 12.3. The fourth-order valence-electron chi connectivity index (χ4n) is 2.32. The number of hydrogen-bond acceptors (Lipinski definition) is 3. The van der Waals surface area contributed by atoms with E-state index in [0.717, 1.165) is 17.8 Å². The lowest BCUT2D eigenvalue weighted by Crippen LogP contribution is -2.45. The molecule has 0 aliphatic rings. The van der Waals surface area contributed by atoms with Crippen LogP contribution in [0, 0.1) is 5.41 Å². The van der Waals surface area contributed by atoms with Crippen LogP contribution in [0.15, 0.2) is 6.20 Å². The van der Waals surface area contributed by atoms with Crippen LogP contribution in [0.5, 0.6) is 0 Å². The summed E-state index contributed by atoms with van der Waals surface area (Å²) in [5.74, 6) is -0.0125. The van der Waals surface area contributed by atoms with Gasteiger partial charge in [0.15, 0.2) is 0 Å². The third-order valence-electron chi connectivity index (χ3n) is 2.50. The van der Waals surface area contributed by atoms with Crippen molar-refractivity contribution < 1.29 is 4.79 Å². The Morgan fingerprint density at radius 3 is 2.39 bits per heavy atom. The zero-order valence-corrected chi connectivity index (χ0v) is 13.1. The van der Waals surface area contributed by atoms with Crippen molar-refractivity contribution in [2.75, 3.05) is 0 Å². The number of amides is 1. The van der Waals surface area contributed by atoms with Crippen molar-refractivity contribution in [3.05, 3.63) is 16.1 Å². The van der Waals surface area contributed by atoms with E-state index < -0.39 is 0 Å². The molecule has 0 radical (unpaired) electrons. The molecule has 18 heavy (non-hydrogen) atoms. The molecule has 0 saturated carbocycles. The van der Waals surface area contributed by atoms with Gasteiger partial charge in [-0.05, 0) is 32.1 Å². The molecule has 1 amide bonds. The van der Waals surface area contributed by atoms with Gasteiger partial charge in [-0.15, -0.1) is 11.3 Å². The van der Waals surface area contributed by atoms with Crippen molar-refractivity contribution in [3.63, 3.8) is 0 Å². The van der Waals surface area contributed by atoms with Gasteiger partial charge < -0.3 is 5.32 Å². The van der Waals surface area contributed by atoms with E-state index in [1.807, 2.05) is 6.92 Å². The van der Waals surface area contributed by atoms with Crippen LogP contribution >= 0.6 is 11.3 Å². The maximum absolute atomic E-state index is 12.1. The number of rotatable bonds is 4. The van der Waals surface area contributed by atoms with E-state index in [1.54, 1.807) is 6.20 Å². The average Bonchev–Trinajstić information content (AvgIpc) is 2.60. The van der Waals surface area contributed by atoms with Crippen molar-refractivity contribution in [3.8, 4) is 0 Å². The third kappa shape index (κ3) is 4.77. The SMILES string of the molecule is CCc1ncc(C(=O)NC(C)(C)CC(C)(C)C)s1. The molecular weight excluding hydrogens is 244 g/mol. The molecule has 0 unspecified atom stereocenters. The van der Waals surface area contributed by atoms with Crippen LogP contribution in [0.4, 0.5) is 0 Å². The predicted molar refractivity (Wildman–Crippen MR) is 77.1 cm³/mol. The van der Waals surface area contributed by atoms with Crippen molar-refractivity contribution in [2.45, 2.75) is 59.9 Å². The Kier molecular flexibility index (Phi) is 4.54. The normalized spacial score (nSPS) is 12.6. The fourth-order valence-corrected chi connectivity index (χ4v) is 3.07. The summed E-state index contributed by atoms with van der Waals surface area (Å²) in [4.78, 5) is 17.1. The minimum Gasteiger partial charge on any atom is -0.346 e. The Morgan fingerprint density at radius 1 is 1.33 bits per heavy atom. The Morgan fingerprint density at radius 2 is 1.94 bits per heavy atom. The first kappa shape index (κ1) is 15.2. The Balaban J connectivity index is 2.69. The molecule has 3 nitrogen and oxygen atoms in total. The summed E-state index contributed by atoms with van der Waals surface area (Å²) in [7, 11) is 0. The number of hydrogen-bond donors (Lipinski definition) is 1. The molecule has 0 spiro atoms. The topological polar surface area (TPSA) is 42.0 Å². The lowest BCUT2D eigenvalue weighted by atomic mass is 9.82. The monoisotopic (exact) mass is 268 g/mol. The third-order valence-corrected chi connectivity index (χ3v) is 3.64. The van der Waals surface area contributed by atoms with Gasteiger partial charge >= 0.3 is 0 Å². The van der Waals surface area contributed by atoms with Crippen molar-refractivity contribution in [2.24, 2.45) is 5.41 Å². The molecular formula is C14H24N2OS. The zero-order chi connectivity index (χ0) is 14.0. The number of carbonyl (C=O) groups is 1. The molecule has 1 aromatic rings. The molecule has 102 valence electrons. The molecule has 1 N–H and O–H groups in total. The Bertz CT molecular complexity index is 416. The van der Waals surface area contributed by atoms with E-state index in [-0.39, 0.29) is 16.9 Å². The number of aromatic nitrogens is 1. The first-order chi connectivity index (χ1) is 8.13. The van der Waals surface area contributed by atoms with Gasteiger partial charge in [-0.1, -0.05) is 27.7 Å². The van der Waals surface area contributed by atoms with Gasteiger partial charge in [0.1, 0.15) is 4.88 Å². The number of nitrogens with zero attached hydrogens (tertiary/aromatic N) is 1. The Hall–Kier alpha value is -0.900. The summed E-state index contributed by atoms with van der Waals surface area (Å²) in [5, 5.41) is 4.11. The Labute approximate surface area is 114 Å². The molecule has 0 aromatic carbocycles. The maximum atomic E-state index is 12.1. The van der Waals surface area contributed by atoms with Gasteiger partial charge in [0.2, 0.25) is 0 Å². The highest BCUT2D eigenvalue weighted by molar-refractivity contribution is 7.13. The summed E-state index contributed by atoms with van der Waals surface area (Å²) in [5.41, 5.74) is -0.00917. The number of nitrogens with one attached hydrogen (secondary N) is 1. The van der Waals surface area contributed by atoms with E-state index >= 15 is 0 Å². The first-order valence-corrected chi connectivity index (χ1v) is 7.22. The first-order valence-electron chi connectivity index (χ1n) is 6.40. The molecule has 1 rings (SSSR count). The smallest absolute Gasteiger partial charge is 0.263 e. The van der Waals surface area contributed by atoms with Gasteiger partial charge in [0.25, 0.3) is 5.91 Å². The quantitative estimate of drug-likeness (QED) is 0.905. The van der Waals surface area contributed by atoms with E-state index in [0.29, 0.717) is 4.88 Å². The molecule has 0 bridgehead atoms. The van der Waals surface area contributed by atoms with Gasteiger partial charge in [-0.3, -0.25) is 4.79 Å². The highest BCUT2D eigenvalue weighted by Gasteiger charge is 2.27. The van der Waals surface area contributed by atoms with Crippen LogP contribution in [0.2, 0.25) is 0 Å². The second kappa shape index (κ2) is 5.39. The molecule has 0 fully saturated rings. The molecule has 0 atom stereocenters. The van der Waals surface area contributed by atoms with Crippen molar-refractivity contribution >= 4 is 17.2 Å². The molecule has 0 aliphatic heterocycles. The second-order valence-electron chi connectivity index (χ2n) is 6.55. The van der Waals surface area contributed by atoms with Crippen LogP contribution in [-0.2, 0) is 6.42 Å². The average molecular weight is 268 g/mol. The largest absolute Gasteiger partial charge is 0.346 e. The van der Waals surface area contributed by atoms with Gasteiger partial charge in [0.05, 0.1) is 11.2 Å². The molecule has 0 saturated heterocycles. The number of thiazole rings is 1. The highest BCUT2D eigenvalue weighted by atomic mass is 32.1. The standard InChI is InChI=1S/C14H24N2OS/c1-7-11-15-8-10(18-11)12(17)16-14(5,6)9-13(2,3)4/h8H,7,9H2,1-6H3,(H,16,17). The predicted octanol–water partition coefficient (Wildman–Crippen LogP) is 3.65. The lowest BCUT2D eigenvalue weighted by molar-refractivity contribution is 0.0895. The summed E-state index contributed by atoms with van der Waals surface area (Å²) in [6.07, 6.45) is 3.49. The van der Waals surface area contributed by atoms with E-state index in [2.05, 4.69) is 44.9 Å². The maximum Gasteiger partial charge on any atom is 0.263 e.